The van der Waals surface area contributed by atoms with Crippen LogP contribution in [0.3, 0.4) is 0 Å². The van der Waals surface area contributed by atoms with Crippen LogP contribution in [-0.4, -0.2) is 23.0 Å². The molecule has 0 atom stereocenters. The van der Waals surface area contributed by atoms with Gasteiger partial charge in [0.2, 0.25) is 11.2 Å². The highest BCUT2D eigenvalue weighted by molar-refractivity contribution is 6.29. The Kier molecular flexibility index (Phi) is 3.98. The maximum Gasteiger partial charge on any atom is 0.228 e. The number of nitrogens with zero attached hydrogens (tertiary/aromatic N) is 1. The van der Waals surface area contributed by atoms with Crippen LogP contribution >= 0.6 is 11.6 Å². The van der Waals surface area contributed by atoms with Gasteiger partial charge in [0.05, 0.1) is 24.6 Å². The number of rotatable bonds is 4. The van der Waals surface area contributed by atoms with Crippen molar-refractivity contribution in [3.8, 4) is 5.75 Å². The van der Waals surface area contributed by atoms with Crippen LogP contribution in [0.4, 0.5) is 5.69 Å². The second-order valence-corrected chi connectivity index (χ2v) is 5.19. The Morgan fingerprint density at radius 1 is 1.27 bits per heavy atom. The molecule has 0 aliphatic heterocycles. The maximum atomic E-state index is 12.1. The Morgan fingerprint density at radius 3 is 2.77 bits per heavy atom. The van der Waals surface area contributed by atoms with E-state index in [1.165, 1.54) is 0 Å². The number of aromatic nitrogens is 2. The number of hydrogen-bond acceptors (Lipinski definition) is 3. The fourth-order valence-corrected chi connectivity index (χ4v) is 2.38. The number of imidazole rings is 1. The van der Waals surface area contributed by atoms with E-state index in [1.54, 1.807) is 25.3 Å². The molecule has 0 spiro atoms. The Labute approximate surface area is 132 Å². The second-order valence-electron chi connectivity index (χ2n) is 4.83. The van der Waals surface area contributed by atoms with Crippen LogP contribution in [0.2, 0.25) is 5.28 Å². The quantitative estimate of drug-likeness (QED) is 0.775. The number of benzene rings is 2. The number of fused-ring (bicyclic) bond motifs is 1. The smallest absolute Gasteiger partial charge is 0.228 e. The monoisotopic (exact) mass is 315 g/mol. The van der Waals surface area contributed by atoms with E-state index in [0.29, 0.717) is 17.4 Å². The predicted octanol–water partition coefficient (Wildman–Crippen LogP) is 3.41. The molecule has 0 bridgehead atoms. The molecule has 0 aliphatic rings. The van der Waals surface area contributed by atoms with Crippen molar-refractivity contribution < 1.29 is 9.53 Å². The number of nitrogens with one attached hydrogen (secondary N) is 2. The molecule has 5 nitrogen and oxygen atoms in total. The van der Waals surface area contributed by atoms with Crippen LogP contribution in [0.25, 0.3) is 11.0 Å². The van der Waals surface area contributed by atoms with Gasteiger partial charge in [-0.3, -0.25) is 4.79 Å². The first-order valence-electron chi connectivity index (χ1n) is 6.72. The van der Waals surface area contributed by atoms with Crippen LogP contribution < -0.4 is 10.1 Å². The van der Waals surface area contributed by atoms with Crippen LogP contribution in [0.15, 0.2) is 42.5 Å². The van der Waals surface area contributed by atoms with Crippen molar-refractivity contribution in [2.45, 2.75) is 6.42 Å². The molecule has 1 heterocycles. The van der Waals surface area contributed by atoms with Crippen molar-refractivity contribution in [3.63, 3.8) is 0 Å². The summed E-state index contributed by atoms with van der Waals surface area (Å²) in [6.45, 7) is 0. The first-order chi connectivity index (χ1) is 10.6. The fraction of sp³-hybridized carbons (Fsp3) is 0.125. The number of amides is 1. The van der Waals surface area contributed by atoms with E-state index in [2.05, 4.69) is 15.3 Å². The maximum absolute atomic E-state index is 12.1. The summed E-state index contributed by atoms with van der Waals surface area (Å²) in [7, 11) is 1.61. The summed E-state index contributed by atoms with van der Waals surface area (Å²) in [6.07, 6.45) is 0.297. The fourth-order valence-electron chi connectivity index (χ4n) is 2.19. The minimum atomic E-state index is -0.0878. The van der Waals surface area contributed by atoms with Gasteiger partial charge in [0.25, 0.3) is 0 Å². The topological polar surface area (TPSA) is 67.0 Å². The summed E-state index contributed by atoms with van der Waals surface area (Å²) in [6, 6.07) is 12.8. The molecule has 1 aromatic heterocycles. The lowest BCUT2D eigenvalue weighted by Crippen LogP contribution is -2.14. The Morgan fingerprint density at radius 2 is 2.05 bits per heavy atom. The Balaban J connectivity index is 1.69. The zero-order chi connectivity index (χ0) is 15.5. The van der Waals surface area contributed by atoms with E-state index in [9.17, 15) is 4.79 Å². The van der Waals surface area contributed by atoms with Gasteiger partial charge in [0, 0.05) is 5.69 Å². The van der Waals surface area contributed by atoms with Gasteiger partial charge in [-0.1, -0.05) is 12.1 Å². The average Bonchev–Trinajstić information content (AvgIpc) is 2.87. The number of H-pyrrole nitrogens is 1. The zero-order valence-electron chi connectivity index (χ0n) is 11.9. The molecule has 0 aliphatic carbocycles. The van der Waals surface area contributed by atoms with Gasteiger partial charge in [-0.05, 0) is 47.5 Å². The lowest BCUT2D eigenvalue weighted by atomic mass is 10.1. The summed E-state index contributed by atoms with van der Waals surface area (Å²) in [4.78, 5) is 19.1. The molecule has 0 saturated heterocycles. The van der Waals surface area contributed by atoms with E-state index in [1.807, 2.05) is 24.3 Å². The molecule has 2 aromatic carbocycles. The lowest BCUT2D eigenvalue weighted by molar-refractivity contribution is -0.115. The SMILES string of the molecule is COc1ccc(CC(=O)Nc2ccc3nc(Cl)[nH]c3c2)cc1. The molecular weight excluding hydrogens is 302 g/mol. The summed E-state index contributed by atoms with van der Waals surface area (Å²) in [5.41, 5.74) is 3.17. The molecule has 112 valence electrons. The van der Waals surface area contributed by atoms with Gasteiger partial charge in [-0.15, -0.1) is 0 Å². The normalized spacial score (nSPS) is 10.6. The highest BCUT2D eigenvalue weighted by Gasteiger charge is 2.07. The number of hydrogen-bond donors (Lipinski definition) is 2. The van der Waals surface area contributed by atoms with Gasteiger partial charge in [0.15, 0.2) is 0 Å². The lowest BCUT2D eigenvalue weighted by Gasteiger charge is -2.06. The van der Waals surface area contributed by atoms with Gasteiger partial charge >= 0.3 is 0 Å². The predicted molar refractivity (Wildman–Crippen MR) is 86.4 cm³/mol. The van der Waals surface area contributed by atoms with Crippen molar-refractivity contribution in [1.82, 2.24) is 9.97 Å². The van der Waals surface area contributed by atoms with Crippen LogP contribution in [-0.2, 0) is 11.2 Å². The molecule has 0 unspecified atom stereocenters. The molecule has 1 amide bonds. The number of halogens is 1. The molecule has 3 rings (SSSR count). The summed E-state index contributed by atoms with van der Waals surface area (Å²) in [5, 5.41) is 3.19. The third-order valence-corrected chi connectivity index (χ3v) is 3.44. The van der Waals surface area contributed by atoms with E-state index in [-0.39, 0.29) is 5.91 Å². The molecule has 6 heteroatoms. The zero-order valence-corrected chi connectivity index (χ0v) is 12.6. The van der Waals surface area contributed by atoms with Crippen molar-refractivity contribution in [3.05, 3.63) is 53.3 Å². The minimum Gasteiger partial charge on any atom is -0.497 e. The summed E-state index contributed by atoms with van der Waals surface area (Å²) >= 11 is 5.81. The highest BCUT2D eigenvalue weighted by atomic mass is 35.5. The highest BCUT2D eigenvalue weighted by Crippen LogP contribution is 2.19. The van der Waals surface area contributed by atoms with Gasteiger partial charge in [0.1, 0.15) is 5.75 Å². The first-order valence-corrected chi connectivity index (χ1v) is 7.10. The summed E-state index contributed by atoms with van der Waals surface area (Å²) < 4.78 is 5.09. The van der Waals surface area contributed by atoms with Crippen LogP contribution in [0.1, 0.15) is 5.56 Å². The number of anilines is 1. The largest absolute Gasteiger partial charge is 0.497 e. The van der Waals surface area contributed by atoms with Crippen LogP contribution in [0, 0.1) is 0 Å². The second kappa shape index (κ2) is 6.07. The van der Waals surface area contributed by atoms with E-state index in [4.69, 9.17) is 16.3 Å². The Hall–Kier alpha value is -2.53. The standard InChI is InChI=1S/C16H14ClN3O2/c1-22-12-5-2-10(3-6-12)8-15(21)18-11-4-7-13-14(9-11)20-16(17)19-13/h2-7,9H,8H2,1H3,(H,18,21)(H,19,20). The van der Waals surface area contributed by atoms with E-state index in [0.717, 1.165) is 22.3 Å². The minimum absolute atomic E-state index is 0.0878. The number of carbonyl (C=O) groups is 1. The van der Waals surface area contributed by atoms with E-state index >= 15 is 0 Å². The van der Waals surface area contributed by atoms with Crippen molar-refractivity contribution in [1.29, 1.82) is 0 Å². The molecule has 2 N–H and O–H groups in total. The number of aromatic amines is 1. The number of methoxy groups -OCH3 is 1. The molecule has 3 aromatic rings. The van der Waals surface area contributed by atoms with E-state index < -0.39 is 0 Å². The Bertz CT molecular complexity index is 812. The third kappa shape index (κ3) is 3.20. The van der Waals surface area contributed by atoms with Crippen LogP contribution in [0.5, 0.6) is 5.75 Å². The molecule has 0 radical (unpaired) electrons. The molecule has 0 saturated carbocycles. The third-order valence-electron chi connectivity index (χ3n) is 3.26. The van der Waals surface area contributed by atoms with Gasteiger partial charge < -0.3 is 15.0 Å². The summed E-state index contributed by atoms with van der Waals surface area (Å²) in [5.74, 6) is 0.681. The van der Waals surface area contributed by atoms with Gasteiger partial charge in [-0.25, -0.2) is 4.98 Å². The van der Waals surface area contributed by atoms with Crippen molar-refractivity contribution in [2.75, 3.05) is 12.4 Å². The van der Waals surface area contributed by atoms with Crippen molar-refractivity contribution >= 4 is 34.2 Å². The average molecular weight is 316 g/mol. The molecule has 0 fully saturated rings. The van der Waals surface area contributed by atoms with Crippen molar-refractivity contribution in [2.24, 2.45) is 0 Å². The molecular formula is C16H14ClN3O2. The number of carbonyl (C=O) groups excluding carboxylic acids is 1. The first kappa shape index (κ1) is 14.4. The number of ether oxygens (including phenoxy) is 1. The molecule has 22 heavy (non-hydrogen) atoms. The van der Waals surface area contributed by atoms with Gasteiger partial charge in [-0.2, -0.15) is 0 Å².